The number of halogens is 2. The van der Waals surface area contributed by atoms with E-state index in [9.17, 15) is 14.4 Å². The van der Waals surface area contributed by atoms with Crippen molar-refractivity contribution < 1.29 is 19.1 Å². The molecule has 0 aliphatic carbocycles. The number of hydrogen-bond acceptors (Lipinski definition) is 5. The first kappa shape index (κ1) is 18.1. The Labute approximate surface area is 154 Å². The molecule has 1 aliphatic rings. The van der Waals surface area contributed by atoms with Crippen LogP contribution in [0.2, 0.25) is 5.02 Å². The Morgan fingerprint density at radius 1 is 1.38 bits per heavy atom. The maximum atomic E-state index is 14.4. The number of nitrogens with zero attached hydrogens (tertiary/aromatic N) is 2. The van der Waals surface area contributed by atoms with Gasteiger partial charge in [-0.15, -0.1) is 0 Å². The van der Waals surface area contributed by atoms with Crippen LogP contribution in [0.25, 0.3) is 5.70 Å². The molecule has 7 heteroatoms. The summed E-state index contributed by atoms with van der Waals surface area (Å²) in [6, 6.07) is 11.0. The van der Waals surface area contributed by atoms with E-state index in [1.165, 1.54) is 12.1 Å². The minimum atomic E-state index is -0.565. The fraction of sp³-hybridized carbons (Fsp3) is 0.158. The summed E-state index contributed by atoms with van der Waals surface area (Å²) < 4.78 is 19.3. The number of rotatable bonds is 3. The van der Waals surface area contributed by atoms with Gasteiger partial charge in [-0.3, -0.25) is 10.2 Å². The van der Waals surface area contributed by atoms with Crippen molar-refractivity contribution in [3.05, 3.63) is 81.2 Å². The summed E-state index contributed by atoms with van der Waals surface area (Å²) in [5.74, 6) is -1.06. The third-order valence-corrected chi connectivity index (χ3v) is 3.98. The Morgan fingerprint density at radius 3 is 2.88 bits per heavy atom. The molecule has 134 valence electrons. The van der Waals surface area contributed by atoms with Gasteiger partial charge in [-0.25, -0.2) is 14.2 Å². The van der Waals surface area contributed by atoms with Gasteiger partial charge >= 0.3 is 5.97 Å². The molecule has 1 aliphatic heterocycles. The molecule has 2 aromatic carbocycles. The van der Waals surface area contributed by atoms with Gasteiger partial charge < -0.3 is 4.74 Å². The summed E-state index contributed by atoms with van der Waals surface area (Å²) in [6.07, 6.45) is 1.20. The van der Waals surface area contributed by atoms with Crippen LogP contribution >= 0.6 is 11.6 Å². The predicted molar refractivity (Wildman–Crippen MR) is 94.4 cm³/mol. The van der Waals surface area contributed by atoms with Crippen molar-refractivity contribution in [2.75, 3.05) is 13.2 Å². The molecular formula is C19H16ClFN2O3. The van der Waals surface area contributed by atoms with Gasteiger partial charge in [0.05, 0.1) is 29.9 Å². The Hall–Kier alpha value is -2.70. The van der Waals surface area contributed by atoms with Crippen LogP contribution in [0.3, 0.4) is 0 Å². The molecule has 0 atom stereocenters. The number of esters is 1. The zero-order valence-electron chi connectivity index (χ0n) is 13.9. The van der Waals surface area contributed by atoms with E-state index in [4.69, 9.17) is 16.3 Å². The second kappa shape index (κ2) is 7.68. The number of benzene rings is 2. The molecule has 0 fully saturated rings. The summed E-state index contributed by atoms with van der Waals surface area (Å²) in [4.78, 5) is 16.2. The molecule has 5 nitrogen and oxygen atoms in total. The van der Waals surface area contributed by atoms with Crippen molar-refractivity contribution >= 4 is 23.3 Å². The molecule has 0 saturated heterocycles. The lowest BCUT2D eigenvalue weighted by Crippen LogP contribution is -2.32. The molecule has 1 N–H and O–H groups in total. The highest BCUT2D eigenvalue weighted by Crippen LogP contribution is 2.20. The Kier molecular flexibility index (Phi) is 5.35. The van der Waals surface area contributed by atoms with Crippen molar-refractivity contribution in [1.29, 1.82) is 0 Å². The lowest BCUT2D eigenvalue weighted by molar-refractivity contribution is -0.137. The standard InChI is InChI=1S/C19H16ClFN2O3/c1-2-26-18(24)10-13-11-23(25)19(14-5-3-4-6-16(14)21)15-9-12(20)7-8-17(15)22-13/h3-10,25H,2,11H2,1H3. The molecule has 1 heterocycles. The number of hydrogen-bond donors (Lipinski definition) is 1. The fourth-order valence-electron chi connectivity index (χ4n) is 2.69. The van der Waals surface area contributed by atoms with E-state index in [0.717, 1.165) is 5.06 Å². The molecule has 26 heavy (non-hydrogen) atoms. The first-order chi connectivity index (χ1) is 12.5. The van der Waals surface area contributed by atoms with Gasteiger partial charge in [0.25, 0.3) is 0 Å². The third kappa shape index (κ3) is 3.76. The molecule has 3 rings (SSSR count). The Balaban J connectivity index is 2.28. The topological polar surface area (TPSA) is 62.1 Å². The Morgan fingerprint density at radius 2 is 2.15 bits per heavy atom. The fourth-order valence-corrected chi connectivity index (χ4v) is 2.86. The van der Waals surface area contributed by atoms with Gasteiger partial charge in [-0.05, 0) is 37.3 Å². The SMILES string of the molecule is CCOC(=O)C=C1CN(O)C(c2ccccc2F)=c2cc(Cl)ccc2=N1. The highest BCUT2D eigenvalue weighted by molar-refractivity contribution is 6.30. The van der Waals surface area contributed by atoms with Gasteiger partial charge in [-0.1, -0.05) is 23.7 Å². The van der Waals surface area contributed by atoms with Crippen LogP contribution in [0.5, 0.6) is 0 Å². The molecule has 0 saturated carbocycles. The van der Waals surface area contributed by atoms with E-state index in [2.05, 4.69) is 4.99 Å². The van der Waals surface area contributed by atoms with E-state index in [1.54, 1.807) is 43.3 Å². The summed E-state index contributed by atoms with van der Waals surface area (Å²) in [6.45, 7) is 1.80. The summed E-state index contributed by atoms with van der Waals surface area (Å²) in [5, 5.41) is 12.8. The average Bonchev–Trinajstić information content (AvgIpc) is 2.71. The van der Waals surface area contributed by atoms with Crippen LogP contribution in [-0.2, 0) is 9.53 Å². The minimum absolute atomic E-state index is 0.116. The first-order valence-corrected chi connectivity index (χ1v) is 8.34. The quantitative estimate of drug-likeness (QED) is 0.662. The van der Waals surface area contributed by atoms with Crippen molar-refractivity contribution in [1.82, 2.24) is 5.06 Å². The summed E-state index contributed by atoms with van der Waals surface area (Å²) in [7, 11) is 0. The predicted octanol–water partition coefficient (Wildman–Crippen LogP) is 2.41. The van der Waals surface area contributed by atoms with Crippen LogP contribution in [0.4, 0.5) is 4.39 Å². The highest BCUT2D eigenvalue weighted by atomic mass is 35.5. The number of carbonyl (C=O) groups is 1. The summed E-state index contributed by atoms with van der Waals surface area (Å²) >= 11 is 6.09. The maximum Gasteiger partial charge on any atom is 0.332 e. The molecule has 0 bridgehead atoms. The smallest absolute Gasteiger partial charge is 0.332 e. The molecule has 2 aromatic rings. The number of hydroxylamine groups is 2. The van der Waals surface area contributed by atoms with Crippen molar-refractivity contribution in [3.8, 4) is 0 Å². The third-order valence-electron chi connectivity index (χ3n) is 3.75. The maximum absolute atomic E-state index is 14.4. The van der Waals surface area contributed by atoms with Gasteiger partial charge in [-0.2, -0.15) is 0 Å². The molecule has 0 unspecified atom stereocenters. The molecule has 0 amide bonds. The number of fused-ring (bicyclic) bond motifs is 1. The monoisotopic (exact) mass is 374 g/mol. The van der Waals surface area contributed by atoms with E-state index in [0.29, 0.717) is 15.6 Å². The molecule has 0 radical (unpaired) electrons. The Bertz CT molecular complexity index is 1000. The van der Waals surface area contributed by atoms with Crippen LogP contribution in [0, 0.1) is 5.82 Å². The second-order valence-electron chi connectivity index (χ2n) is 5.55. The summed E-state index contributed by atoms with van der Waals surface area (Å²) in [5.41, 5.74) is 0.698. The van der Waals surface area contributed by atoms with Gasteiger partial charge in [0, 0.05) is 21.9 Å². The highest BCUT2D eigenvalue weighted by Gasteiger charge is 2.20. The van der Waals surface area contributed by atoms with Crippen LogP contribution in [0.15, 0.2) is 59.2 Å². The molecule has 0 spiro atoms. The lowest BCUT2D eigenvalue weighted by Gasteiger charge is -2.20. The van der Waals surface area contributed by atoms with Crippen molar-refractivity contribution in [2.45, 2.75) is 6.92 Å². The average molecular weight is 375 g/mol. The zero-order valence-corrected chi connectivity index (χ0v) is 14.7. The van der Waals surface area contributed by atoms with Crippen LogP contribution in [-0.4, -0.2) is 29.4 Å². The van der Waals surface area contributed by atoms with Crippen LogP contribution in [0.1, 0.15) is 12.5 Å². The largest absolute Gasteiger partial charge is 0.463 e. The van der Waals surface area contributed by atoms with Gasteiger partial charge in [0.2, 0.25) is 0 Å². The number of ether oxygens (including phenoxy) is 1. The van der Waals surface area contributed by atoms with E-state index in [1.807, 2.05) is 0 Å². The van der Waals surface area contributed by atoms with E-state index >= 15 is 0 Å². The molecule has 0 aromatic heterocycles. The van der Waals surface area contributed by atoms with Gasteiger partial charge in [0.15, 0.2) is 0 Å². The van der Waals surface area contributed by atoms with Gasteiger partial charge in [0.1, 0.15) is 5.82 Å². The molecular weight excluding hydrogens is 359 g/mol. The number of carbonyl (C=O) groups excluding carboxylic acids is 1. The zero-order chi connectivity index (χ0) is 18.7. The van der Waals surface area contributed by atoms with Crippen LogP contribution < -0.4 is 10.6 Å². The first-order valence-electron chi connectivity index (χ1n) is 7.97. The lowest BCUT2D eigenvalue weighted by atomic mass is 10.1. The minimum Gasteiger partial charge on any atom is -0.463 e. The van der Waals surface area contributed by atoms with E-state index in [-0.39, 0.29) is 30.1 Å². The van der Waals surface area contributed by atoms with E-state index < -0.39 is 11.8 Å². The normalized spacial score (nSPS) is 15.3. The second-order valence-corrected chi connectivity index (χ2v) is 5.98. The van der Waals surface area contributed by atoms with Crippen molar-refractivity contribution in [2.24, 2.45) is 4.99 Å². The van der Waals surface area contributed by atoms with Crippen molar-refractivity contribution in [3.63, 3.8) is 0 Å².